The van der Waals surface area contributed by atoms with E-state index in [0.717, 1.165) is 25.0 Å². The van der Waals surface area contributed by atoms with Crippen molar-refractivity contribution >= 4 is 17.7 Å². The number of thioether (sulfide) groups is 1. The van der Waals surface area contributed by atoms with Gasteiger partial charge >= 0.3 is 5.97 Å². The molecule has 0 saturated heterocycles. The number of carboxylic acid groups (broad SMARTS) is 1. The lowest BCUT2D eigenvalue weighted by Crippen LogP contribution is -2.51. The average molecular weight is 217 g/mol. The summed E-state index contributed by atoms with van der Waals surface area (Å²) in [5.41, 5.74) is 0. The third-order valence-corrected chi connectivity index (χ3v) is 3.64. The smallest absolute Gasteiger partial charge is 0.308 e. The van der Waals surface area contributed by atoms with E-state index in [4.69, 9.17) is 5.11 Å². The molecule has 0 bridgehead atoms. The van der Waals surface area contributed by atoms with Gasteiger partial charge in [-0.05, 0) is 25.5 Å². The molecule has 4 heteroatoms. The van der Waals surface area contributed by atoms with Crippen molar-refractivity contribution in [3.8, 4) is 0 Å². The Bertz CT molecular complexity index is 199. The predicted octanol–water partition coefficient (Wildman–Crippen LogP) is 1.58. The van der Waals surface area contributed by atoms with Gasteiger partial charge in [0.05, 0.1) is 5.92 Å². The molecular weight excluding hydrogens is 198 g/mol. The first-order valence-electron chi connectivity index (χ1n) is 5.16. The minimum Gasteiger partial charge on any atom is -0.481 e. The molecule has 3 atom stereocenters. The van der Waals surface area contributed by atoms with E-state index in [0.29, 0.717) is 6.04 Å². The Labute approximate surface area is 89.6 Å². The Balaban J connectivity index is 2.32. The fourth-order valence-electron chi connectivity index (χ4n) is 1.78. The van der Waals surface area contributed by atoms with Crippen molar-refractivity contribution in [1.82, 2.24) is 5.32 Å². The standard InChI is InChI=1S/C10H19NO2S/c1-3-7(6-14-2)11-9-5-4-8(9)10(12)13/h7-9,11H,3-6H2,1-2H3,(H,12,13). The molecule has 3 unspecified atom stereocenters. The maximum atomic E-state index is 10.8. The van der Waals surface area contributed by atoms with Crippen LogP contribution >= 0.6 is 11.8 Å². The molecule has 3 nitrogen and oxygen atoms in total. The monoisotopic (exact) mass is 217 g/mol. The van der Waals surface area contributed by atoms with Gasteiger partial charge in [0.15, 0.2) is 0 Å². The lowest BCUT2D eigenvalue weighted by Gasteiger charge is -2.36. The minimum absolute atomic E-state index is 0.147. The second-order valence-electron chi connectivity index (χ2n) is 3.86. The minimum atomic E-state index is -0.646. The van der Waals surface area contributed by atoms with Gasteiger partial charge in [0.2, 0.25) is 0 Å². The number of carbonyl (C=O) groups is 1. The molecule has 0 aromatic carbocycles. The first-order chi connectivity index (χ1) is 6.69. The lowest BCUT2D eigenvalue weighted by atomic mass is 9.79. The maximum Gasteiger partial charge on any atom is 0.308 e. The summed E-state index contributed by atoms with van der Waals surface area (Å²) in [4.78, 5) is 10.8. The van der Waals surface area contributed by atoms with Gasteiger partial charge in [-0.15, -0.1) is 0 Å². The fourth-order valence-corrected chi connectivity index (χ4v) is 2.52. The molecule has 1 aliphatic carbocycles. The molecule has 2 N–H and O–H groups in total. The van der Waals surface area contributed by atoms with Gasteiger partial charge < -0.3 is 10.4 Å². The Morgan fingerprint density at radius 1 is 1.64 bits per heavy atom. The lowest BCUT2D eigenvalue weighted by molar-refractivity contribution is -0.146. The van der Waals surface area contributed by atoms with Gasteiger partial charge in [0, 0.05) is 17.8 Å². The van der Waals surface area contributed by atoms with Crippen molar-refractivity contribution in [2.24, 2.45) is 5.92 Å². The molecule has 0 amide bonds. The van der Waals surface area contributed by atoms with Crippen molar-refractivity contribution in [2.75, 3.05) is 12.0 Å². The highest BCUT2D eigenvalue weighted by atomic mass is 32.2. The third kappa shape index (κ3) is 2.89. The largest absolute Gasteiger partial charge is 0.481 e. The normalized spacial score (nSPS) is 28.1. The van der Waals surface area contributed by atoms with Crippen molar-refractivity contribution in [1.29, 1.82) is 0 Å². The highest BCUT2D eigenvalue weighted by molar-refractivity contribution is 7.98. The van der Waals surface area contributed by atoms with E-state index in [1.165, 1.54) is 0 Å². The fraction of sp³-hybridized carbons (Fsp3) is 0.900. The number of carboxylic acids is 1. The SMILES string of the molecule is CCC(CSC)NC1CCC1C(=O)O. The summed E-state index contributed by atoms with van der Waals surface area (Å²) in [6.45, 7) is 2.14. The molecule has 14 heavy (non-hydrogen) atoms. The van der Waals surface area contributed by atoms with Crippen LogP contribution in [0.2, 0.25) is 0 Å². The molecule has 1 aliphatic rings. The Morgan fingerprint density at radius 3 is 2.71 bits per heavy atom. The van der Waals surface area contributed by atoms with E-state index >= 15 is 0 Å². The second-order valence-corrected chi connectivity index (χ2v) is 4.77. The molecule has 0 radical (unpaired) electrons. The molecule has 1 saturated carbocycles. The van der Waals surface area contributed by atoms with Crippen LogP contribution in [0.1, 0.15) is 26.2 Å². The average Bonchev–Trinajstić information content (AvgIpc) is 2.09. The molecule has 1 rings (SSSR count). The first kappa shape index (κ1) is 11.9. The molecule has 0 aromatic heterocycles. The summed E-state index contributed by atoms with van der Waals surface area (Å²) in [5, 5.41) is 12.3. The number of rotatable bonds is 6. The predicted molar refractivity (Wildman–Crippen MR) is 59.7 cm³/mol. The zero-order valence-corrected chi connectivity index (χ0v) is 9.64. The zero-order valence-electron chi connectivity index (χ0n) is 8.82. The van der Waals surface area contributed by atoms with Crippen LogP contribution in [0, 0.1) is 5.92 Å². The maximum absolute atomic E-state index is 10.8. The van der Waals surface area contributed by atoms with Crippen LogP contribution in [0.3, 0.4) is 0 Å². The summed E-state index contributed by atoms with van der Waals surface area (Å²) in [6.07, 6.45) is 5.01. The van der Waals surface area contributed by atoms with Crippen LogP contribution < -0.4 is 5.32 Å². The number of aliphatic carboxylic acids is 1. The van der Waals surface area contributed by atoms with Gasteiger partial charge in [-0.2, -0.15) is 11.8 Å². The molecule has 0 aliphatic heterocycles. The second kappa shape index (κ2) is 5.61. The summed E-state index contributed by atoms with van der Waals surface area (Å²) in [5.74, 6) is 0.276. The van der Waals surface area contributed by atoms with Gasteiger partial charge in [-0.25, -0.2) is 0 Å². The van der Waals surface area contributed by atoms with E-state index in [-0.39, 0.29) is 12.0 Å². The first-order valence-corrected chi connectivity index (χ1v) is 6.56. The Kier molecular flexibility index (Phi) is 4.75. The number of nitrogens with one attached hydrogen (secondary N) is 1. The van der Waals surface area contributed by atoms with Crippen LogP contribution in [0.25, 0.3) is 0 Å². The van der Waals surface area contributed by atoms with E-state index in [2.05, 4.69) is 18.5 Å². The van der Waals surface area contributed by atoms with E-state index in [1.807, 2.05) is 11.8 Å². The van der Waals surface area contributed by atoms with Gasteiger partial charge in [0.25, 0.3) is 0 Å². The number of hydrogen-bond donors (Lipinski definition) is 2. The van der Waals surface area contributed by atoms with Crippen molar-refractivity contribution in [3.05, 3.63) is 0 Å². The van der Waals surface area contributed by atoms with Crippen LogP contribution in [-0.4, -0.2) is 35.2 Å². The van der Waals surface area contributed by atoms with Crippen molar-refractivity contribution in [3.63, 3.8) is 0 Å². The summed E-state index contributed by atoms with van der Waals surface area (Å²) in [6, 6.07) is 0.682. The zero-order chi connectivity index (χ0) is 10.6. The van der Waals surface area contributed by atoms with Crippen molar-refractivity contribution in [2.45, 2.75) is 38.3 Å². The van der Waals surface area contributed by atoms with E-state index in [1.54, 1.807) is 0 Å². The molecule has 1 fully saturated rings. The van der Waals surface area contributed by atoms with E-state index in [9.17, 15) is 4.79 Å². The topological polar surface area (TPSA) is 49.3 Å². The summed E-state index contributed by atoms with van der Waals surface area (Å²) < 4.78 is 0. The highest BCUT2D eigenvalue weighted by Gasteiger charge is 2.37. The molecule has 0 heterocycles. The molecule has 82 valence electrons. The van der Waals surface area contributed by atoms with Crippen molar-refractivity contribution < 1.29 is 9.90 Å². The van der Waals surface area contributed by atoms with Crippen LogP contribution in [0.15, 0.2) is 0 Å². The van der Waals surface area contributed by atoms with Crippen LogP contribution in [0.5, 0.6) is 0 Å². The van der Waals surface area contributed by atoms with E-state index < -0.39 is 5.97 Å². The van der Waals surface area contributed by atoms with Gasteiger partial charge in [-0.1, -0.05) is 6.92 Å². The molecular formula is C10H19NO2S. The third-order valence-electron chi connectivity index (χ3n) is 2.90. The Hall–Kier alpha value is -0.220. The van der Waals surface area contributed by atoms with Crippen LogP contribution in [0.4, 0.5) is 0 Å². The summed E-state index contributed by atoms with van der Waals surface area (Å²) in [7, 11) is 0. The molecule has 0 spiro atoms. The Morgan fingerprint density at radius 2 is 2.36 bits per heavy atom. The number of hydrogen-bond acceptors (Lipinski definition) is 3. The quantitative estimate of drug-likeness (QED) is 0.709. The summed E-state index contributed by atoms with van der Waals surface area (Å²) >= 11 is 1.81. The molecule has 0 aromatic rings. The van der Waals surface area contributed by atoms with Crippen LogP contribution in [-0.2, 0) is 4.79 Å². The van der Waals surface area contributed by atoms with Gasteiger partial charge in [-0.3, -0.25) is 4.79 Å². The van der Waals surface area contributed by atoms with Gasteiger partial charge in [0.1, 0.15) is 0 Å². The highest BCUT2D eigenvalue weighted by Crippen LogP contribution is 2.28.